The number of carbonyl (C=O) groups is 3. The lowest BCUT2D eigenvalue weighted by Gasteiger charge is -2.52. The van der Waals surface area contributed by atoms with Crippen molar-refractivity contribution in [3.05, 3.63) is 11.3 Å². The molecule has 1 N–H and O–H groups in total. The summed E-state index contributed by atoms with van der Waals surface area (Å²) in [5.74, 6) is -2.29. The second-order valence-corrected chi connectivity index (χ2v) is 9.81. The van der Waals surface area contributed by atoms with Gasteiger partial charge in [-0.25, -0.2) is 4.79 Å². The molecule has 3 aliphatic rings. The van der Waals surface area contributed by atoms with Gasteiger partial charge >= 0.3 is 11.9 Å². The summed E-state index contributed by atoms with van der Waals surface area (Å²) >= 11 is 0. The number of allylic oxidation sites excluding steroid dienone is 1. The van der Waals surface area contributed by atoms with Gasteiger partial charge in [0, 0.05) is 12.3 Å². The highest BCUT2D eigenvalue weighted by Crippen LogP contribution is 2.58. The first kappa shape index (κ1) is 24.8. The minimum atomic E-state index is -1.45. The quantitative estimate of drug-likeness (QED) is 0.420. The van der Waals surface area contributed by atoms with Crippen molar-refractivity contribution in [1.29, 1.82) is 0 Å². The van der Waals surface area contributed by atoms with Crippen molar-refractivity contribution in [3.63, 3.8) is 0 Å². The number of Topliss-reactive ketones (excluding diaryl/α,β-unsaturated/α-hetero) is 1. The van der Waals surface area contributed by atoms with E-state index in [9.17, 15) is 19.5 Å². The van der Waals surface area contributed by atoms with E-state index in [1.165, 1.54) is 6.92 Å². The van der Waals surface area contributed by atoms with E-state index in [-0.39, 0.29) is 54.5 Å². The Bertz CT molecular complexity index is 729. The molecule has 0 amide bonds. The standard InChI is InChI=1S/C26H40O6/c1-4-31-24(29)22-21(28)16-20(18-12-8-6-9-13-18)26(17(3)27,25(30)32-5-2)23(22)19-14-10-7-11-15-19/h18-20,23,28H,4-16H2,1-3H3/t20-,23?,26-/m0/s1. The first-order valence-electron chi connectivity index (χ1n) is 12.7. The molecule has 3 aliphatic carbocycles. The smallest absolute Gasteiger partial charge is 0.337 e. The number of ketones is 1. The van der Waals surface area contributed by atoms with Crippen molar-refractivity contribution < 1.29 is 29.0 Å². The van der Waals surface area contributed by atoms with Crippen LogP contribution in [0.1, 0.15) is 91.4 Å². The van der Waals surface area contributed by atoms with Gasteiger partial charge < -0.3 is 14.6 Å². The summed E-state index contributed by atoms with van der Waals surface area (Å²) in [5, 5.41) is 11.2. The highest BCUT2D eigenvalue weighted by molar-refractivity contribution is 6.06. The molecule has 32 heavy (non-hydrogen) atoms. The van der Waals surface area contributed by atoms with E-state index in [1.54, 1.807) is 13.8 Å². The Balaban J connectivity index is 2.23. The Morgan fingerprint density at radius 2 is 1.41 bits per heavy atom. The predicted molar refractivity (Wildman–Crippen MR) is 121 cm³/mol. The zero-order chi connectivity index (χ0) is 23.3. The molecule has 2 saturated carbocycles. The molecular weight excluding hydrogens is 408 g/mol. The van der Waals surface area contributed by atoms with Crippen LogP contribution in [0.3, 0.4) is 0 Å². The number of aliphatic hydroxyl groups is 1. The fourth-order valence-corrected chi connectivity index (χ4v) is 6.87. The summed E-state index contributed by atoms with van der Waals surface area (Å²) in [6, 6.07) is 0. The average Bonchev–Trinajstić information content (AvgIpc) is 2.79. The molecule has 3 atom stereocenters. The number of hydrogen-bond donors (Lipinski definition) is 1. The van der Waals surface area contributed by atoms with E-state index in [4.69, 9.17) is 9.47 Å². The maximum Gasteiger partial charge on any atom is 0.337 e. The maximum absolute atomic E-state index is 13.8. The molecule has 0 heterocycles. The van der Waals surface area contributed by atoms with Crippen LogP contribution in [0.5, 0.6) is 0 Å². The number of aliphatic hydroxyl groups excluding tert-OH is 1. The van der Waals surface area contributed by atoms with E-state index in [0.29, 0.717) is 0 Å². The molecule has 0 aromatic rings. The number of rotatable bonds is 7. The molecule has 2 fully saturated rings. The van der Waals surface area contributed by atoms with Crippen LogP contribution in [-0.2, 0) is 23.9 Å². The van der Waals surface area contributed by atoms with Crippen molar-refractivity contribution in [3.8, 4) is 0 Å². The normalized spacial score (nSPS) is 30.1. The molecule has 0 bridgehead atoms. The Kier molecular flexibility index (Phi) is 8.40. The van der Waals surface area contributed by atoms with E-state index in [2.05, 4.69) is 0 Å². The van der Waals surface area contributed by atoms with Crippen LogP contribution in [0.2, 0.25) is 0 Å². The Morgan fingerprint density at radius 3 is 1.91 bits per heavy atom. The number of carbonyl (C=O) groups excluding carboxylic acids is 3. The van der Waals surface area contributed by atoms with Crippen LogP contribution in [-0.4, -0.2) is 36.0 Å². The zero-order valence-corrected chi connectivity index (χ0v) is 20.0. The molecule has 0 aromatic carbocycles. The average molecular weight is 449 g/mol. The predicted octanol–water partition coefficient (Wildman–Crippen LogP) is 5.30. The minimum absolute atomic E-state index is 0.00997. The van der Waals surface area contributed by atoms with Gasteiger partial charge in [-0.15, -0.1) is 0 Å². The summed E-state index contributed by atoms with van der Waals surface area (Å²) < 4.78 is 10.9. The molecule has 0 saturated heterocycles. The molecule has 1 unspecified atom stereocenters. The van der Waals surface area contributed by atoms with Gasteiger partial charge in [0.2, 0.25) is 0 Å². The fourth-order valence-electron chi connectivity index (χ4n) is 6.87. The van der Waals surface area contributed by atoms with Gasteiger partial charge in [-0.2, -0.15) is 0 Å². The lowest BCUT2D eigenvalue weighted by Crippen LogP contribution is -2.59. The number of ether oxygens (including phenoxy) is 2. The van der Waals surface area contributed by atoms with Gasteiger partial charge in [0.15, 0.2) is 0 Å². The van der Waals surface area contributed by atoms with Crippen molar-refractivity contribution in [2.45, 2.75) is 91.4 Å². The second-order valence-electron chi connectivity index (χ2n) is 9.81. The monoisotopic (exact) mass is 448 g/mol. The first-order valence-corrected chi connectivity index (χ1v) is 12.7. The molecule has 180 valence electrons. The van der Waals surface area contributed by atoms with Crippen LogP contribution in [0.15, 0.2) is 11.3 Å². The zero-order valence-electron chi connectivity index (χ0n) is 20.0. The van der Waals surface area contributed by atoms with E-state index in [1.807, 2.05) is 0 Å². The third kappa shape index (κ3) is 4.47. The summed E-state index contributed by atoms with van der Waals surface area (Å²) in [6.07, 6.45) is 10.0. The molecular formula is C26H40O6. The summed E-state index contributed by atoms with van der Waals surface area (Å²) in [6.45, 7) is 5.30. The highest BCUT2D eigenvalue weighted by atomic mass is 16.5. The summed E-state index contributed by atoms with van der Waals surface area (Å²) in [4.78, 5) is 40.6. The Labute approximate surface area is 192 Å². The summed E-state index contributed by atoms with van der Waals surface area (Å²) in [5.41, 5.74) is -1.30. The first-order chi connectivity index (χ1) is 15.4. The highest BCUT2D eigenvalue weighted by Gasteiger charge is 2.64. The van der Waals surface area contributed by atoms with Crippen LogP contribution in [0, 0.1) is 29.1 Å². The summed E-state index contributed by atoms with van der Waals surface area (Å²) in [7, 11) is 0. The third-order valence-electron chi connectivity index (χ3n) is 8.14. The molecule has 6 nitrogen and oxygen atoms in total. The van der Waals surface area contributed by atoms with Crippen molar-refractivity contribution in [1.82, 2.24) is 0 Å². The molecule has 0 spiro atoms. The molecule has 0 aromatic heterocycles. The van der Waals surface area contributed by atoms with Gasteiger partial charge in [0.25, 0.3) is 0 Å². The lowest BCUT2D eigenvalue weighted by molar-refractivity contribution is -0.175. The number of hydrogen-bond acceptors (Lipinski definition) is 6. The van der Waals surface area contributed by atoms with Crippen molar-refractivity contribution >= 4 is 17.7 Å². The van der Waals surface area contributed by atoms with Gasteiger partial charge in [-0.1, -0.05) is 51.4 Å². The molecule has 6 heteroatoms. The van der Waals surface area contributed by atoms with Crippen LogP contribution in [0.4, 0.5) is 0 Å². The van der Waals surface area contributed by atoms with Gasteiger partial charge in [-0.3, -0.25) is 9.59 Å². The molecule has 3 rings (SSSR count). The largest absolute Gasteiger partial charge is 0.512 e. The fraction of sp³-hybridized carbons (Fsp3) is 0.808. The van der Waals surface area contributed by atoms with Crippen molar-refractivity contribution in [2.75, 3.05) is 13.2 Å². The van der Waals surface area contributed by atoms with Crippen LogP contribution in [0.25, 0.3) is 0 Å². The van der Waals surface area contributed by atoms with E-state index >= 15 is 0 Å². The minimum Gasteiger partial charge on any atom is -0.512 e. The van der Waals surface area contributed by atoms with Crippen molar-refractivity contribution in [2.24, 2.45) is 29.1 Å². The van der Waals surface area contributed by atoms with Gasteiger partial charge in [0.1, 0.15) is 17.0 Å². The van der Waals surface area contributed by atoms with Crippen LogP contribution >= 0.6 is 0 Å². The maximum atomic E-state index is 13.8. The van der Waals surface area contributed by atoms with Crippen LogP contribution < -0.4 is 0 Å². The Morgan fingerprint density at radius 1 is 0.875 bits per heavy atom. The second kappa shape index (κ2) is 10.8. The third-order valence-corrected chi connectivity index (χ3v) is 8.14. The Hall–Kier alpha value is -1.85. The lowest BCUT2D eigenvalue weighted by atomic mass is 9.49. The van der Waals surface area contributed by atoms with Gasteiger partial charge in [0.05, 0.1) is 18.8 Å². The number of esters is 2. The van der Waals surface area contributed by atoms with E-state index < -0.39 is 23.3 Å². The molecule has 0 radical (unpaired) electrons. The molecule has 0 aliphatic heterocycles. The van der Waals surface area contributed by atoms with E-state index in [0.717, 1.165) is 64.2 Å². The SMILES string of the molecule is CCOC(=O)C1=C(O)C[C@@H](C2CCCCC2)[C@](C(C)=O)(C(=O)OCC)C1C1CCCCC1. The van der Waals surface area contributed by atoms with Gasteiger partial charge in [-0.05, 0) is 51.4 Å². The topological polar surface area (TPSA) is 89.9 Å².